The van der Waals surface area contributed by atoms with E-state index in [0.29, 0.717) is 24.4 Å². The maximum Gasteiger partial charge on any atom is 0.257 e. The lowest BCUT2D eigenvalue weighted by Gasteiger charge is -2.21. The first-order valence-electron chi connectivity index (χ1n) is 5.87. The Morgan fingerprint density at radius 2 is 2.28 bits per heavy atom. The molecule has 18 heavy (non-hydrogen) atoms. The molecule has 0 N–H and O–H groups in total. The van der Waals surface area contributed by atoms with E-state index < -0.39 is 0 Å². The van der Waals surface area contributed by atoms with Crippen LogP contribution in [0, 0.1) is 0 Å². The third kappa shape index (κ3) is 3.60. The van der Waals surface area contributed by atoms with Crippen molar-refractivity contribution in [3.05, 3.63) is 40.9 Å². The number of rotatable bonds is 6. The van der Waals surface area contributed by atoms with Crippen LogP contribution in [0.2, 0.25) is 0 Å². The van der Waals surface area contributed by atoms with Crippen LogP contribution < -0.4 is 4.74 Å². The number of nitrogens with zero attached hydrogens (tertiary/aromatic N) is 1. The number of amides is 1. The number of halogens is 1. The minimum absolute atomic E-state index is 0.0268. The van der Waals surface area contributed by atoms with Gasteiger partial charge < -0.3 is 9.64 Å². The Morgan fingerprint density at radius 1 is 1.56 bits per heavy atom. The SMILES string of the molecule is C=CCN(CCC)C(=O)c1ccc(Br)cc1OC. The van der Waals surface area contributed by atoms with E-state index in [1.165, 1.54) is 0 Å². The lowest BCUT2D eigenvalue weighted by atomic mass is 10.1. The summed E-state index contributed by atoms with van der Waals surface area (Å²) in [4.78, 5) is 14.2. The molecule has 0 fully saturated rings. The Kier molecular flexibility index (Phi) is 5.92. The van der Waals surface area contributed by atoms with Crippen molar-refractivity contribution in [3.8, 4) is 5.75 Å². The summed E-state index contributed by atoms with van der Waals surface area (Å²) in [6, 6.07) is 5.41. The molecule has 4 heteroatoms. The number of methoxy groups -OCH3 is 1. The molecule has 0 aliphatic heterocycles. The Balaban J connectivity index is 3.03. The van der Waals surface area contributed by atoms with Crippen LogP contribution in [-0.4, -0.2) is 31.0 Å². The Hall–Kier alpha value is -1.29. The van der Waals surface area contributed by atoms with Crippen molar-refractivity contribution in [3.63, 3.8) is 0 Å². The number of carbonyl (C=O) groups excluding carboxylic acids is 1. The Bertz CT molecular complexity index is 432. The van der Waals surface area contributed by atoms with Gasteiger partial charge in [0.1, 0.15) is 5.75 Å². The van der Waals surface area contributed by atoms with E-state index in [2.05, 4.69) is 22.5 Å². The Morgan fingerprint density at radius 3 is 2.83 bits per heavy atom. The predicted molar refractivity (Wildman–Crippen MR) is 77.1 cm³/mol. The van der Waals surface area contributed by atoms with Gasteiger partial charge in [-0.15, -0.1) is 6.58 Å². The van der Waals surface area contributed by atoms with Crippen LogP contribution in [0.3, 0.4) is 0 Å². The number of benzene rings is 1. The molecule has 0 radical (unpaired) electrons. The van der Waals surface area contributed by atoms with Gasteiger partial charge in [0, 0.05) is 17.6 Å². The highest BCUT2D eigenvalue weighted by atomic mass is 79.9. The molecule has 1 aromatic rings. The zero-order valence-corrected chi connectivity index (χ0v) is 12.4. The maximum atomic E-state index is 12.4. The van der Waals surface area contributed by atoms with Gasteiger partial charge in [0.25, 0.3) is 5.91 Å². The third-order valence-electron chi connectivity index (χ3n) is 2.52. The second-order valence-electron chi connectivity index (χ2n) is 3.88. The van der Waals surface area contributed by atoms with Crippen LogP contribution in [0.4, 0.5) is 0 Å². The van der Waals surface area contributed by atoms with Crippen molar-refractivity contribution in [1.29, 1.82) is 0 Å². The fourth-order valence-corrected chi connectivity index (χ4v) is 2.05. The van der Waals surface area contributed by atoms with Crippen LogP contribution in [0.5, 0.6) is 5.75 Å². The monoisotopic (exact) mass is 311 g/mol. The fraction of sp³-hybridized carbons (Fsp3) is 0.357. The van der Waals surface area contributed by atoms with E-state index in [9.17, 15) is 4.79 Å². The highest BCUT2D eigenvalue weighted by Gasteiger charge is 2.18. The molecule has 0 unspecified atom stereocenters. The van der Waals surface area contributed by atoms with Gasteiger partial charge in [-0.25, -0.2) is 0 Å². The molecule has 1 amide bonds. The molecular weight excluding hydrogens is 294 g/mol. The summed E-state index contributed by atoms with van der Waals surface area (Å²) in [6.45, 7) is 6.99. The maximum absolute atomic E-state index is 12.4. The van der Waals surface area contributed by atoms with Gasteiger partial charge in [0.05, 0.1) is 12.7 Å². The highest BCUT2D eigenvalue weighted by Crippen LogP contribution is 2.24. The average Bonchev–Trinajstić information content (AvgIpc) is 2.37. The molecule has 0 aromatic heterocycles. The second kappa shape index (κ2) is 7.21. The number of ether oxygens (including phenoxy) is 1. The van der Waals surface area contributed by atoms with E-state index in [4.69, 9.17) is 4.74 Å². The van der Waals surface area contributed by atoms with Crippen molar-refractivity contribution in [2.24, 2.45) is 0 Å². The first-order valence-corrected chi connectivity index (χ1v) is 6.67. The molecule has 98 valence electrons. The number of hydrogen-bond donors (Lipinski definition) is 0. The van der Waals surface area contributed by atoms with Gasteiger partial charge in [-0.2, -0.15) is 0 Å². The van der Waals surface area contributed by atoms with E-state index in [1.807, 2.05) is 13.0 Å². The molecule has 0 heterocycles. The van der Waals surface area contributed by atoms with Crippen LogP contribution in [-0.2, 0) is 0 Å². The molecule has 0 aliphatic rings. The van der Waals surface area contributed by atoms with Gasteiger partial charge in [-0.1, -0.05) is 28.9 Å². The molecular formula is C14H18BrNO2. The normalized spacial score (nSPS) is 9.94. The van der Waals surface area contributed by atoms with Crippen molar-refractivity contribution in [2.45, 2.75) is 13.3 Å². The second-order valence-corrected chi connectivity index (χ2v) is 4.80. The Labute approximate surface area is 117 Å². The lowest BCUT2D eigenvalue weighted by Crippen LogP contribution is -2.32. The summed E-state index contributed by atoms with van der Waals surface area (Å²) in [5, 5.41) is 0. The van der Waals surface area contributed by atoms with Crippen LogP contribution in [0.1, 0.15) is 23.7 Å². The lowest BCUT2D eigenvalue weighted by molar-refractivity contribution is 0.0770. The summed E-state index contributed by atoms with van der Waals surface area (Å²) < 4.78 is 6.14. The third-order valence-corrected chi connectivity index (χ3v) is 3.02. The standard InChI is InChI=1S/C14H18BrNO2/c1-4-8-16(9-5-2)14(17)12-7-6-11(15)10-13(12)18-3/h4,6-7,10H,1,5,8-9H2,2-3H3. The molecule has 0 bridgehead atoms. The van der Waals surface area contributed by atoms with Gasteiger partial charge in [0.2, 0.25) is 0 Å². The summed E-state index contributed by atoms with van der Waals surface area (Å²) in [7, 11) is 1.57. The summed E-state index contributed by atoms with van der Waals surface area (Å²) >= 11 is 3.36. The predicted octanol–water partition coefficient (Wildman–Crippen LogP) is 3.50. The molecule has 3 nitrogen and oxygen atoms in total. The number of hydrogen-bond acceptors (Lipinski definition) is 2. The van der Waals surface area contributed by atoms with Gasteiger partial charge in [0.15, 0.2) is 0 Å². The first-order chi connectivity index (χ1) is 8.63. The molecule has 1 aromatic carbocycles. The first kappa shape index (κ1) is 14.8. The molecule has 0 aliphatic carbocycles. The van der Waals surface area contributed by atoms with Crippen molar-refractivity contribution >= 4 is 21.8 Å². The highest BCUT2D eigenvalue weighted by molar-refractivity contribution is 9.10. The van der Waals surface area contributed by atoms with Crippen molar-refractivity contribution in [2.75, 3.05) is 20.2 Å². The van der Waals surface area contributed by atoms with Crippen molar-refractivity contribution in [1.82, 2.24) is 4.90 Å². The van der Waals surface area contributed by atoms with E-state index in [1.54, 1.807) is 30.2 Å². The van der Waals surface area contributed by atoms with E-state index in [0.717, 1.165) is 10.9 Å². The van der Waals surface area contributed by atoms with Gasteiger partial charge in [-0.05, 0) is 24.6 Å². The smallest absolute Gasteiger partial charge is 0.257 e. The average molecular weight is 312 g/mol. The van der Waals surface area contributed by atoms with Crippen LogP contribution >= 0.6 is 15.9 Å². The number of carbonyl (C=O) groups is 1. The van der Waals surface area contributed by atoms with Crippen LogP contribution in [0.25, 0.3) is 0 Å². The van der Waals surface area contributed by atoms with Gasteiger partial charge in [-0.3, -0.25) is 4.79 Å². The zero-order chi connectivity index (χ0) is 13.5. The minimum atomic E-state index is -0.0268. The summed E-state index contributed by atoms with van der Waals surface area (Å²) in [5.74, 6) is 0.556. The topological polar surface area (TPSA) is 29.5 Å². The fourth-order valence-electron chi connectivity index (χ4n) is 1.71. The molecule has 0 spiro atoms. The minimum Gasteiger partial charge on any atom is -0.496 e. The summed E-state index contributed by atoms with van der Waals surface area (Å²) in [6.07, 6.45) is 2.65. The molecule has 0 atom stereocenters. The quantitative estimate of drug-likeness (QED) is 0.753. The van der Waals surface area contributed by atoms with Crippen molar-refractivity contribution < 1.29 is 9.53 Å². The van der Waals surface area contributed by atoms with Crippen LogP contribution in [0.15, 0.2) is 35.3 Å². The summed E-state index contributed by atoms with van der Waals surface area (Å²) in [5.41, 5.74) is 0.580. The molecule has 1 rings (SSSR count). The zero-order valence-electron chi connectivity index (χ0n) is 10.8. The molecule has 0 saturated heterocycles. The largest absolute Gasteiger partial charge is 0.496 e. The molecule has 0 saturated carbocycles. The van der Waals surface area contributed by atoms with E-state index in [-0.39, 0.29) is 5.91 Å². The van der Waals surface area contributed by atoms with Gasteiger partial charge >= 0.3 is 0 Å². The van der Waals surface area contributed by atoms with E-state index >= 15 is 0 Å².